The molecule has 0 saturated carbocycles. The van der Waals surface area contributed by atoms with Crippen molar-refractivity contribution in [2.24, 2.45) is 7.05 Å². The molecule has 0 spiro atoms. The molecule has 1 saturated heterocycles. The standard InChI is InChI=1S/C17H21N3O2/c1-3-13-4-6-14(7-5-13)15-12-20(10-11-22-15)16-17(21)19(2)9-8-18-16/h4-9,15H,3,10-12H2,1-2H3. The zero-order valence-electron chi connectivity index (χ0n) is 13.0. The van der Waals surface area contributed by atoms with Crippen molar-refractivity contribution in [1.82, 2.24) is 9.55 Å². The lowest BCUT2D eigenvalue weighted by Crippen LogP contribution is -2.42. The zero-order chi connectivity index (χ0) is 15.5. The number of aryl methyl sites for hydroxylation is 2. The van der Waals surface area contributed by atoms with E-state index in [0.29, 0.717) is 25.5 Å². The highest BCUT2D eigenvalue weighted by Gasteiger charge is 2.24. The fraction of sp³-hybridized carbons (Fsp3) is 0.412. The number of anilines is 1. The molecule has 1 unspecified atom stereocenters. The molecule has 0 N–H and O–H groups in total. The van der Waals surface area contributed by atoms with E-state index >= 15 is 0 Å². The molecule has 5 heteroatoms. The summed E-state index contributed by atoms with van der Waals surface area (Å²) in [6, 6.07) is 8.50. The average molecular weight is 299 g/mol. The van der Waals surface area contributed by atoms with Crippen LogP contribution in [0, 0.1) is 0 Å². The number of aromatic nitrogens is 2. The summed E-state index contributed by atoms with van der Waals surface area (Å²) in [5, 5.41) is 0. The highest BCUT2D eigenvalue weighted by molar-refractivity contribution is 5.37. The molecule has 0 amide bonds. The van der Waals surface area contributed by atoms with E-state index in [9.17, 15) is 4.79 Å². The Kier molecular flexibility index (Phi) is 4.24. The largest absolute Gasteiger partial charge is 0.370 e. The van der Waals surface area contributed by atoms with Crippen molar-refractivity contribution >= 4 is 5.82 Å². The van der Waals surface area contributed by atoms with E-state index in [1.165, 1.54) is 5.56 Å². The second-order valence-corrected chi connectivity index (χ2v) is 5.57. The van der Waals surface area contributed by atoms with Gasteiger partial charge in [0.2, 0.25) is 0 Å². The van der Waals surface area contributed by atoms with Gasteiger partial charge in [-0.2, -0.15) is 0 Å². The first kappa shape index (κ1) is 14.8. The molecule has 22 heavy (non-hydrogen) atoms. The Labute approximate surface area is 130 Å². The molecule has 116 valence electrons. The van der Waals surface area contributed by atoms with Crippen LogP contribution < -0.4 is 10.5 Å². The molecule has 5 nitrogen and oxygen atoms in total. The molecule has 1 atom stereocenters. The van der Waals surface area contributed by atoms with E-state index in [1.807, 2.05) is 4.90 Å². The molecular formula is C17H21N3O2. The SMILES string of the molecule is CCc1ccc(C2CN(c3nccn(C)c3=O)CCO2)cc1. The maximum Gasteiger partial charge on any atom is 0.293 e. The van der Waals surface area contributed by atoms with Crippen molar-refractivity contribution in [2.45, 2.75) is 19.4 Å². The van der Waals surface area contributed by atoms with Crippen molar-refractivity contribution in [2.75, 3.05) is 24.6 Å². The number of hydrogen-bond donors (Lipinski definition) is 0. The molecular weight excluding hydrogens is 278 g/mol. The van der Waals surface area contributed by atoms with E-state index in [0.717, 1.165) is 12.0 Å². The number of ether oxygens (including phenoxy) is 1. The van der Waals surface area contributed by atoms with Gasteiger partial charge in [0.15, 0.2) is 5.82 Å². The maximum atomic E-state index is 12.2. The number of rotatable bonds is 3. The van der Waals surface area contributed by atoms with Gasteiger partial charge in [0.25, 0.3) is 5.56 Å². The Bertz CT molecular complexity index is 694. The molecule has 3 rings (SSSR count). The minimum Gasteiger partial charge on any atom is -0.370 e. The van der Waals surface area contributed by atoms with Crippen molar-refractivity contribution < 1.29 is 4.74 Å². The molecule has 1 fully saturated rings. The van der Waals surface area contributed by atoms with Gasteiger partial charge >= 0.3 is 0 Å². The lowest BCUT2D eigenvalue weighted by Gasteiger charge is -2.33. The zero-order valence-corrected chi connectivity index (χ0v) is 13.0. The quantitative estimate of drug-likeness (QED) is 0.869. The fourth-order valence-corrected chi connectivity index (χ4v) is 2.71. The normalized spacial score (nSPS) is 18.5. The van der Waals surface area contributed by atoms with Crippen molar-refractivity contribution in [3.8, 4) is 0 Å². The van der Waals surface area contributed by atoms with Gasteiger partial charge < -0.3 is 14.2 Å². The first-order valence-electron chi connectivity index (χ1n) is 7.66. The number of nitrogens with zero attached hydrogens (tertiary/aromatic N) is 3. The summed E-state index contributed by atoms with van der Waals surface area (Å²) in [6.07, 6.45) is 4.35. The van der Waals surface area contributed by atoms with Crippen LogP contribution in [0.25, 0.3) is 0 Å². The molecule has 2 heterocycles. The monoisotopic (exact) mass is 299 g/mol. The molecule has 1 aromatic heterocycles. The fourth-order valence-electron chi connectivity index (χ4n) is 2.71. The Morgan fingerprint density at radius 2 is 2.09 bits per heavy atom. The predicted octanol–water partition coefficient (Wildman–Crippen LogP) is 1.92. The lowest BCUT2D eigenvalue weighted by atomic mass is 10.0. The van der Waals surface area contributed by atoms with E-state index in [1.54, 1.807) is 24.0 Å². The Morgan fingerprint density at radius 3 is 2.82 bits per heavy atom. The topological polar surface area (TPSA) is 47.4 Å². The predicted molar refractivity (Wildman–Crippen MR) is 86.2 cm³/mol. The molecule has 1 aromatic carbocycles. The minimum atomic E-state index is -0.0653. The Morgan fingerprint density at radius 1 is 1.32 bits per heavy atom. The Balaban J connectivity index is 1.81. The summed E-state index contributed by atoms with van der Waals surface area (Å²) in [6.45, 7) is 4.08. The first-order chi connectivity index (χ1) is 10.7. The van der Waals surface area contributed by atoms with E-state index in [2.05, 4.69) is 36.2 Å². The molecule has 2 aromatic rings. The number of hydrogen-bond acceptors (Lipinski definition) is 4. The Hall–Kier alpha value is -2.14. The summed E-state index contributed by atoms with van der Waals surface area (Å²) in [4.78, 5) is 18.5. The summed E-state index contributed by atoms with van der Waals surface area (Å²) in [5.41, 5.74) is 2.40. The first-order valence-corrected chi connectivity index (χ1v) is 7.66. The van der Waals surface area contributed by atoms with Crippen LogP contribution in [0.2, 0.25) is 0 Å². The van der Waals surface area contributed by atoms with Gasteiger partial charge in [0.1, 0.15) is 6.10 Å². The minimum absolute atomic E-state index is 0.0219. The van der Waals surface area contributed by atoms with Crippen LogP contribution >= 0.6 is 0 Å². The maximum absolute atomic E-state index is 12.2. The van der Waals surface area contributed by atoms with Gasteiger partial charge in [0.05, 0.1) is 13.2 Å². The van der Waals surface area contributed by atoms with Crippen LogP contribution in [0.1, 0.15) is 24.2 Å². The smallest absolute Gasteiger partial charge is 0.293 e. The van der Waals surface area contributed by atoms with E-state index in [-0.39, 0.29) is 11.7 Å². The van der Waals surface area contributed by atoms with Gasteiger partial charge in [0, 0.05) is 26.0 Å². The van der Waals surface area contributed by atoms with Crippen LogP contribution in [0.5, 0.6) is 0 Å². The van der Waals surface area contributed by atoms with Crippen LogP contribution in [-0.2, 0) is 18.2 Å². The van der Waals surface area contributed by atoms with Crippen molar-refractivity contribution in [1.29, 1.82) is 0 Å². The van der Waals surface area contributed by atoms with Crippen LogP contribution in [-0.4, -0.2) is 29.2 Å². The molecule has 1 aliphatic rings. The summed E-state index contributed by atoms with van der Waals surface area (Å²) in [7, 11) is 1.74. The summed E-state index contributed by atoms with van der Waals surface area (Å²) >= 11 is 0. The van der Waals surface area contributed by atoms with Gasteiger partial charge in [-0.15, -0.1) is 0 Å². The highest BCUT2D eigenvalue weighted by Crippen LogP contribution is 2.24. The third kappa shape index (κ3) is 2.90. The van der Waals surface area contributed by atoms with Crippen LogP contribution in [0.3, 0.4) is 0 Å². The average Bonchev–Trinajstić information content (AvgIpc) is 2.57. The molecule has 0 radical (unpaired) electrons. The summed E-state index contributed by atoms with van der Waals surface area (Å²) < 4.78 is 7.44. The van der Waals surface area contributed by atoms with Gasteiger partial charge in [-0.3, -0.25) is 4.79 Å². The van der Waals surface area contributed by atoms with E-state index in [4.69, 9.17) is 4.74 Å². The third-order valence-electron chi connectivity index (χ3n) is 4.12. The lowest BCUT2D eigenvalue weighted by molar-refractivity contribution is 0.0394. The number of morpholine rings is 1. The summed E-state index contributed by atoms with van der Waals surface area (Å²) in [5.74, 6) is 0.503. The number of benzene rings is 1. The van der Waals surface area contributed by atoms with Gasteiger partial charge in [-0.25, -0.2) is 4.98 Å². The van der Waals surface area contributed by atoms with Crippen LogP contribution in [0.4, 0.5) is 5.82 Å². The van der Waals surface area contributed by atoms with Crippen LogP contribution in [0.15, 0.2) is 41.5 Å². The third-order valence-corrected chi connectivity index (χ3v) is 4.12. The molecule has 1 aliphatic heterocycles. The highest BCUT2D eigenvalue weighted by atomic mass is 16.5. The molecule has 0 aliphatic carbocycles. The van der Waals surface area contributed by atoms with Crippen molar-refractivity contribution in [3.05, 3.63) is 58.1 Å². The van der Waals surface area contributed by atoms with Crippen molar-refractivity contribution in [3.63, 3.8) is 0 Å². The second-order valence-electron chi connectivity index (χ2n) is 5.57. The second kappa shape index (κ2) is 6.32. The van der Waals surface area contributed by atoms with Gasteiger partial charge in [-0.1, -0.05) is 31.2 Å². The van der Waals surface area contributed by atoms with Gasteiger partial charge in [-0.05, 0) is 17.5 Å². The molecule has 0 bridgehead atoms. The van der Waals surface area contributed by atoms with E-state index < -0.39 is 0 Å².